The Morgan fingerprint density at radius 1 is 1.30 bits per heavy atom. The minimum Gasteiger partial charge on any atom is -0.343 e. The molecule has 0 spiro atoms. The molecule has 1 aliphatic rings. The monoisotopic (exact) mass is 485 g/mol. The molecule has 2 amide bonds. The fourth-order valence-electron chi connectivity index (χ4n) is 3.79. The van der Waals surface area contributed by atoms with Crippen molar-refractivity contribution in [2.45, 2.75) is 38.4 Å². The number of nitrogens with zero attached hydrogens (tertiary/aromatic N) is 1. The summed E-state index contributed by atoms with van der Waals surface area (Å²) in [5.41, 5.74) is 3.16. The molecule has 0 saturated heterocycles. The summed E-state index contributed by atoms with van der Waals surface area (Å²) in [7, 11) is 1.74. The van der Waals surface area contributed by atoms with Gasteiger partial charge in [-0.05, 0) is 73.0 Å². The first-order valence-electron chi connectivity index (χ1n) is 10.0. The average molecular weight is 486 g/mol. The molecule has 30 heavy (non-hydrogen) atoms. The lowest BCUT2D eigenvalue weighted by Gasteiger charge is -2.27. The van der Waals surface area contributed by atoms with Crippen molar-refractivity contribution >= 4 is 54.9 Å². The van der Waals surface area contributed by atoms with E-state index in [0.29, 0.717) is 13.0 Å². The van der Waals surface area contributed by atoms with Crippen LogP contribution < -0.4 is 15.5 Å². The zero-order valence-corrected chi connectivity index (χ0v) is 19.3. The number of thiophene rings is 1. The van der Waals surface area contributed by atoms with Gasteiger partial charge < -0.3 is 15.5 Å². The molecule has 2 heterocycles. The lowest BCUT2D eigenvalue weighted by molar-refractivity contribution is -0.128. The van der Waals surface area contributed by atoms with Crippen LogP contribution in [0.5, 0.6) is 0 Å². The number of likely N-dealkylation sites (N-methyl/N-ethyl adjacent to an activating group) is 1. The third kappa shape index (κ3) is 4.15. The Hall–Kier alpha value is -2.22. The maximum absolute atomic E-state index is 13.6. The summed E-state index contributed by atoms with van der Waals surface area (Å²) >= 11 is 5.23. The van der Waals surface area contributed by atoms with Crippen LogP contribution in [0.4, 0.5) is 5.69 Å². The van der Waals surface area contributed by atoms with Crippen LogP contribution in [0.2, 0.25) is 0 Å². The summed E-state index contributed by atoms with van der Waals surface area (Å²) in [5.74, 6) is -0.224. The van der Waals surface area contributed by atoms with Crippen LogP contribution in [0.1, 0.15) is 24.5 Å². The number of halogens is 1. The number of hydrogen-bond donors (Lipinski definition) is 2. The van der Waals surface area contributed by atoms with Crippen molar-refractivity contribution in [1.82, 2.24) is 10.6 Å². The molecule has 156 valence electrons. The Balaban J connectivity index is 1.69. The van der Waals surface area contributed by atoms with Crippen molar-refractivity contribution in [3.8, 4) is 0 Å². The molecule has 1 aromatic heterocycles. The standard InChI is InChI=1S/C23H24BrN3O2S/c1-14(25-2)22(28)26-19-9-7-15-5-3-4-6-20(15)27(23(19)29)12-16-13-30-21-10-8-17(24)11-18(16)21/h3-6,8,10-11,13-14,19,25H,7,9,12H2,1-2H3,(H,26,28)/t14-,19-/m0/s1. The molecule has 2 atom stereocenters. The van der Waals surface area contributed by atoms with Gasteiger partial charge in [-0.25, -0.2) is 0 Å². The normalized spacial score (nSPS) is 17.5. The number of nitrogens with one attached hydrogen (secondary N) is 2. The first-order valence-corrected chi connectivity index (χ1v) is 11.7. The Kier molecular flexibility index (Phi) is 6.22. The summed E-state index contributed by atoms with van der Waals surface area (Å²) < 4.78 is 2.21. The lowest BCUT2D eigenvalue weighted by Crippen LogP contribution is -2.52. The number of anilines is 1. The predicted molar refractivity (Wildman–Crippen MR) is 126 cm³/mol. The van der Waals surface area contributed by atoms with E-state index in [0.717, 1.165) is 33.1 Å². The van der Waals surface area contributed by atoms with Gasteiger partial charge in [0.15, 0.2) is 0 Å². The molecule has 0 radical (unpaired) electrons. The predicted octanol–water partition coefficient (Wildman–Crippen LogP) is 4.24. The van der Waals surface area contributed by atoms with Crippen LogP contribution in [0.25, 0.3) is 10.1 Å². The number of amides is 2. The topological polar surface area (TPSA) is 61.4 Å². The van der Waals surface area contributed by atoms with E-state index in [-0.39, 0.29) is 17.9 Å². The number of aryl methyl sites for hydroxylation is 1. The molecule has 5 nitrogen and oxygen atoms in total. The second-order valence-electron chi connectivity index (χ2n) is 7.56. The van der Waals surface area contributed by atoms with E-state index >= 15 is 0 Å². The third-order valence-corrected chi connectivity index (χ3v) is 7.14. The van der Waals surface area contributed by atoms with E-state index in [4.69, 9.17) is 0 Å². The van der Waals surface area contributed by atoms with E-state index in [1.54, 1.807) is 25.3 Å². The number of carbonyl (C=O) groups is 2. The summed E-state index contributed by atoms with van der Waals surface area (Å²) in [5, 5.41) is 9.15. The van der Waals surface area contributed by atoms with Gasteiger partial charge in [0, 0.05) is 14.9 Å². The first-order chi connectivity index (χ1) is 14.5. The minimum absolute atomic E-state index is 0.0639. The van der Waals surface area contributed by atoms with Gasteiger partial charge in [-0.3, -0.25) is 9.59 Å². The van der Waals surface area contributed by atoms with Gasteiger partial charge in [-0.1, -0.05) is 34.1 Å². The van der Waals surface area contributed by atoms with Crippen LogP contribution in [0.15, 0.2) is 52.3 Å². The van der Waals surface area contributed by atoms with Crippen LogP contribution in [0, 0.1) is 0 Å². The highest BCUT2D eigenvalue weighted by Gasteiger charge is 2.32. The molecular weight excluding hydrogens is 462 g/mol. The molecule has 2 aromatic carbocycles. The van der Waals surface area contributed by atoms with Crippen LogP contribution in [-0.2, 0) is 22.6 Å². The van der Waals surface area contributed by atoms with Gasteiger partial charge in [0.2, 0.25) is 11.8 Å². The van der Waals surface area contributed by atoms with Crippen LogP contribution in [-0.4, -0.2) is 30.9 Å². The number of fused-ring (bicyclic) bond motifs is 2. The number of rotatable bonds is 5. The highest BCUT2D eigenvalue weighted by Crippen LogP contribution is 2.33. The summed E-state index contributed by atoms with van der Waals surface area (Å²) in [6.45, 7) is 2.26. The molecule has 0 saturated carbocycles. The van der Waals surface area contributed by atoms with Gasteiger partial charge in [-0.2, -0.15) is 0 Å². The molecule has 4 rings (SSSR count). The Morgan fingerprint density at radius 3 is 2.90 bits per heavy atom. The van der Waals surface area contributed by atoms with Gasteiger partial charge in [-0.15, -0.1) is 11.3 Å². The second-order valence-corrected chi connectivity index (χ2v) is 9.39. The van der Waals surface area contributed by atoms with Gasteiger partial charge in [0.05, 0.1) is 12.6 Å². The quantitative estimate of drug-likeness (QED) is 0.568. The largest absolute Gasteiger partial charge is 0.343 e. The van der Waals surface area contributed by atoms with Crippen molar-refractivity contribution in [1.29, 1.82) is 0 Å². The molecule has 0 bridgehead atoms. The smallest absolute Gasteiger partial charge is 0.249 e. The van der Waals surface area contributed by atoms with E-state index in [1.165, 1.54) is 4.70 Å². The Morgan fingerprint density at radius 2 is 2.10 bits per heavy atom. The average Bonchev–Trinajstić information content (AvgIpc) is 3.10. The van der Waals surface area contributed by atoms with E-state index in [2.05, 4.69) is 50.1 Å². The van der Waals surface area contributed by atoms with Crippen molar-refractivity contribution in [3.63, 3.8) is 0 Å². The van der Waals surface area contributed by atoms with Crippen LogP contribution in [0.3, 0.4) is 0 Å². The highest BCUT2D eigenvalue weighted by molar-refractivity contribution is 9.10. The van der Waals surface area contributed by atoms with Crippen molar-refractivity contribution in [2.75, 3.05) is 11.9 Å². The van der Waals surface area contributed by atoms with E-state index < -0.39 is 6.04 Å². The zero-order valence-electron chi connectivity index (χ0n) is 16.9. The maximum atomic E-state index is 13.6. The molecule has 2 N–H and O–H groups in total. The number of carbonyl (C=O) groups excluding carboxylic acids is 2. The highest BCUT2D eigenvalue weighted by atomic mass is 79.9. The summed E-state index contributed by atoms with van der Waals surface area (Å²) in [6, 6.07) is 13.4. The molecule has 7 heteroatoms. The Labute approximate surface area is 188 Å². The number of hydrogen-bond acceptors (Lipinski definition) is 4. The molecular formula is C23H24BrN3O2S. The minimum atomic E-state index is -0.544. The van der Waals surface area contributed by atoms with Gasteiger partial charge in [0.1, 0.15) is 6.04 Å². The molecule has 0 aliphatic carbocycles. The molecule has 0 fully saturated rings. The SMILES string of the molecule is CN[C@@H](C)C(=O)N[C@H]1CCc2ccccc2N(Cc2csc3ccc(Br)cc23)C1=O. The number of para-hydroxylation sites is 1. The third-order valence-electron chi connectivity index (χ3n) is 5.64. The fourth-order valence-corrected chi connectivity index (χ4v) is 5.08. The lowest BCUT2D eigenvalue weighted by atomic mass is 10.1. The van der Waals surface area contributed by atoms with E-state index in [1.807, 2.05) is 29.2 Å². The summed E-state index contributed by atoms with van der Waals surface area (Å²) in [4.78, 5) is 27.9. The van der Waals surface area contributed by atoms with E-state index in [9.17, 15) is 9.59 Å². The van der Waals surface area contributed by atoms with Gasteiger partial charge in [0.25, 0.3) is 0 Å². The maximum Gasteiger partial charge on any atom is 0.249 e. The molecule has 0 unspecified atom stereocenters. The summed E-state index contributed by atoms with van der Waals surface area (Å²) in [6.07, 6.45) is 1.33. The molecule has 1 aliphatic heterocycles. The van der Waals surface area contributed by atoms with Gasteiger partial charge >= 0.3 is 0 Å². The second kappa shape index (κ2) is 8.88. The number of benzene rings is 2. The fraction of sp³-hybridized carbons (Fsp3) is 0.304. The zero-order chi connectivity index (χ0) is 21.3. The van der Waals surface area contributed by atoms with Crippen molar-refractivity contribution in [3.05, 3.63) is 63.4 Å². The van der Waals surface area contributed by atoms with Crippen molar-refractivity contribution < 1.29 is 9.59 Å². The first kappa shape index (κ1) is 21.0. The molecule has 3 aromatic rings. The van der Waals surface area contributed by atoms with Crippen LogP contribution >= 0.6 is 27.3 Å². The Bertz CT molecular complexity index is 1100. The van der Waals surface area contributed by atoms with Crippen molar-refractivity contribution in [2.24, 2.45) is 0 Å².